The Morgan fingerprint density at radius 2 is 1.88 bits per heavy atom. The lowest BCUT2D eigenvalue weighted by Gasteiger charge is -2.05. The lowest BCUT2D eigenvalue weighted by atomic mass is 10.1. The molecule has 0 amide bonds. The summed E-state index contributed by atoms with van der Waals surface area (Å²) in [6.45, 7) is 2.17. The molecule has 0 saturated heterocycles. The summed E-state index contributed by atoms with van der Waals surface area (Å²) >= 11 is 0. The van der Waals surface area contributed by atoms with Gasteiger partial charge in [-0.3, -0.25) is 9.52 Å². The SMILES string of the molecule is COc1ccc(-[n+]2[nH]oc(=O)c2C([O-])=NCc2ccc(C)cc2)cc1. The summed E-state index contributed by atoms with van der Waals surface area (Å²) in [5.74, 6) is 0.0125. The molecule has 7 heteroatoms. The normalized spacial score (nSPS) is 11.5. The number of hydrogen-bond donors (Lipinski definition) is 1. The van der Waals surface area contributed by atoms with E-state index in [0.29, 0.717) is 11.4 Å². The van der Waals surface area contributed by atoms with Crippen LogP contribution in [0.3, 0.4) is 0 Å². The molecule has 0 unspecified atom stereocenters. The van der Waals surface area contributed by atoms with Crippen molar-refractivity contribution in [3.8, 4) is 11.4 Å². The van der Waals surface area contributed by atoms with Crippen molar-refractivity contribution < 1.29 is 19.0 Å². The van der Waals surface area contributed by atoms with Crippen LogP contribution in [0.5, 0.6) is 5.75 Å². The Balaban J connectivity index is 1.90. The van der Waals surface area contributed by atoms with Gasteiger partial charge < -0.3 is 9.84 Å². The minimum absolute atomic E-state index is 0.183. The molecular formula is C18H17N3O4. The number of benzene rings is 2. The standard InChI is InChI=1S/C18H17N3O4/c1-12-3-5-13(6-4-12)11-19-17(22)16-18(23)25-20-21(16)14-7-9-15(24-2)10-8-14/h3-10H,11H2,1-2H3,(H-,19,20,22,23). The number of H-pyrrole nitrogens is 1. The van der Waals surface area contributed by atoms with Crippen molar-refractivity contribution in [2.45, 2.75) is 13.5 Å². The highest BCUT2D eigenvalue weighted by Gasteiger charge is 2.23. The highest BCUT2D eigenvalue weighted by Crippen LogP contribution is 2.11. The van der Waals surface area contributed by atoms with Crippen LogP contribution in [-0.4, -0.2) is 18.3 Å². The fraction of sp³-hybridized carbons (Fsp3) is 0.167. The van der Waals surface area contributed by atoms with Gasteiger partial charge in [-0.2, -0.15) is 0 Å². The molecule has 0 aliphatic heterocycles. The van der Waals surface area contributed by atoms with Crippen LogP contribution in [-0.2, 0) is 6.54 Å². The molecule has 128 valence electrons. The van der Waals surface area contributed by atoms with E-state index in [-0.39, 0.29) is 12.2 Å². The first-order valence-corrected chi connectivity index (χ1v) is 7.64. The van der Waals surface area contributed by atoms with Crippen LogP contribution in [0.2, 0.25) is 0 Å². The third-order valence-electron chi connectivity index (χ3n) is 3.71. The second-order valence-corrected chi connectivity index (χ2v) is 5.47. The van der Waals surface area contributed by atoms with Crippen molar-refractivity contribution in [1.29, 1.82) is 0 Å². The van der Waals surface area contributed by atoms with Crippen LogP contribution in [0.4, 0.5) is 0 Å². The van der Waals surface area contributed by atoms with Crippen molar-refractivity contribution in [2.75, 3.05) is 7.11 Å². The smallest absolute Gasteiger partial charge is 0.436 e. The largest absolute Gasteiger partial charge is 0.854 e. The highest BCUT2D eigenvalue weighted by atomic mass is 16.5. The maximum Gasteiger partial charge on any atom is 0.436 e. The second kappa shape index (κ2) is 7.04. The van der Waals surface area contributed by atoms with Crippen LogP contribution in [0.1, 0.15) is 16.8 Å². The topological polar surface area (TPSA) is 94.5 Å². The minimum Gasteiger partial charge on any atom is -0.854 e. The molecule has 0 atom stereocenters. The molecule has 1 heterocycles. The average molecular weight is 339 g/mol. The first kappa shape index (κ1) is 16.5. The summed E-state index contributed by atoms with van der Waals surface area (Å²) < 4.78 is 11.1. The van der Waals surface area contributed by atoms with Gasteiger partial charge in [0.15, 0.2) is 0 Å². The number of methoxy groups -OCH3 is 1. The molecule has 0 bridgehead atoms. The molecule has 1 N–H and O–H groups in total. The summed E-state index contributed by atoms with van der Waals surface area (Å²) in [5.41, 5.74) is 1.61. The molecule has 0 spiro atoms. The second-order valence-electron chi connectivity index (χ2n) is 5.47. The Morgan fingerprint density at radius 1 is 1.20 bits per heavy atom. The molecule has 7 nitrogen and oxygen atoms in total. The lowest BCUT2D eigenvalue weighted by molar-refractivity contribution is -0.673. The van der Waals surface area contributed by atoms with Crippen molar-refractivity contribution in [3.05, 3.63) is 75.8 Å². The lowest BCUT2D eigenvalue weighted by Crippen LogP contribution is -2.44. The van der Waals surface area contributed by atoms with Gasteiger partial charge in [0.2, 0.25) is 5.69 Å². The maximum atomic E-state index is 12.4. The Labute approximate surface area is 143 Å². The number of nitrogens with one attached hydrogen (secondary N) is 1. The molecule has 0 fully saturated rings. The molecule has 0 aliphatic rings. The summed E-state index contributed by atoms with van der Waals surface area (Å²) in [5, 5.41) is 14.8. The summed E-state index contributed by atoms with van der Waals surface area (Å²) in [4.78, 5) is 15.9. The molecule has 0 radical (unpaired) electrons. The third-order valence-corrected chi connectivity index (χ3v) is 3.71. The Morgan fingerprint density at radius 3 is 2.52 bits per heavy atom. The van der Waals surface area contributed by atoms with Gasteiger partial charge in [-0.05, 0) is 34.6 Å². The molecule has 0 aliphatic carbocycles. The van der Waals surface area contributed by atoms with E-state index < -0.39 is 11.5 Å². The van der Waals surface area contributed by atoms with E-state index in [9.17, 15) is 9.90 Å². The minimum atomic E-state index is -0.770. The number of aliphatic imine (C=N–C) groups is 1. The first-order valence-electron chi connectivity index (χ1n) is 7.64. The van der Waals surface area contributed by atoms with Gasteiger partial charge >= 0.3 is 11.3 Å². The van der Waals surface area contributed by atoms with Gasteiger partial charge in [0.25, 0.3) is 0 Å². The molecule has 3 rings (SSSR count). The van der Waals surface area contributed by atoms with E-state index >= 15 is 0 Å². The fourth-order valence-electron chi connectivity index (χ4n) is 2.30. The van der Waals surface area contributed by atoms with E-state index in [1.165, 1.54) is 4.68 Å². The van der Waals surface area contributed by atoms with E-state index in [4.69, 9.17) is 9.26 Å². The van der Waals surface area contributed by atoms with E-state index in [0.717, 1.165) is 11.1 Å². The van der Waals surface area contributed by atoms with Crippen molar-refractivity contribution in [1.82, 2.24) is 5.27 Å². The summed E-state index contributed by atoms with van der Waals surface area (Å²) in [7, 11) is 1.56. The Kier molecular flexibility index (Phi) is 4.65. The quantitative estimate of drug-likeness (QED) is 0.424. The number of rotatable bonds is 5. The van der Waals surface area contributed by atoms with E-state index in [2.05, 4.69) is 10.3 Å². The average Bonchev–Trinajstić information content (AvgIpc) is 3.02. The number of aromatic nitrogens is 2. The van der Waals surface area contributed by atoms with Crippen LogP contribution in [0.15, 0.2) is 62.8 Å². The van der Waals surface area contributed by atoms with Gasteiger partial charge in [0.1, 0.15) is 5.75 Å². The van der Waals surface area contributed by atoms with Gasteiger partial charge in [-0.25, -0.2) is 4.79 Å². The maximum absolute atomic E-state index is 12.4. The number of aromatic amines is 1. The van der Waals surface area contributed by atoms with Crippen molar-refractivity contribution in [2.24, 2.45) is 4.99 Å². The van der Waals surface area contributed by atoms with Crippen LogP contribution in [0, 0.1) is 6.92 Å². The zero-order chi connectivity index (χ0) is 17.8. The monoisotopic (exact) mass is 339 g/mol. The number of hydrogen-bond acceptors (Lipinski definition) is 5. The van der Waals surface area contributed by atoms with Gasteiger partial charge in [0, 0.05) is 12.1 Å². The molecule has 3 aromatic rings. The number of aryl methyl sites for hydroxylation is 1. The number of nitrogens with zero attached hydrogens (tertiary/aromatic N) is 2. The molecule has 0 saturated carbocycles. The predicted molar refractivity (Wildman–Crippen MR) is 88.8 cm³/mol. The zero-order valence-corrected chi connectivity index (χ0v) is 13.9. The third kappa shape index (κ3) is 3.60. The molecule has 2 aromatic carbocycles. The summed E-state index contributed by atoms with van der Waals surface area (Å²) in [6, 6.07) is 14.5. The zero-order valence-electron chi connectivity index (χ0n) is 13.9. The van der Waals surface area contributed by atoms with Gasteiger partial charge in [-0.1, -0.05) is 29.8 Å². The predicted octanol–water partition coefficient (Wildman–Crippen LogP) is 0.869. The molecule has 1 aromatic heterocycles. The fourth-order valence-corrected chi connectivity index (χ4v) is 2.30. The Hall–Kier alpha value is -3.35. The van der Waals surface area contributed by atoms with Crippen molar-refractivity contribution >= 4 is 5.90 Å². The van der Waals surface area contributed by atoms with Crippen molar-refractivity contribution in [3.63, 3.8) is 0 Å². The highest BCUT2D eigenvalue weighted by molar-refractivity contribution is 5.86. The van der Waals surface area contributed by atoms with Crippen LogP contribution >= 0.6 is 0 Å². The van der Waals surface area contributed by atoms with E-state index in [1.54, 1.807) is 31.4 Å². The molecular weight excluding hydrogens is 322 g/mol. The first-order chi connectivity index (χ1) is 12.1. The number of ether oxygens (including phenoxy) is 1. The van der Waals surface area contributed by atoms with Gasteiger partial charge in [0.05, 0.1) is 19.6 Å². The molecule has 25 heavy (non-hydrogen) atoms. The Bertz CT molecular complexity index is 938. The van der Waals surface area contributed by atoms with Gasteiger partial charge in [-0.15, -0.1) is 0 Å². The van der Waals surface area contributed by atoms with Crippen LogP contribution < -0.4 is 20.2 Å². The van der Waals surface area contributed by atoms with E-state index in [1.807, 2.05) is 31.2 Å². The summed E-state index contributed by atoms with van der Waals surface area (Å²) in [6.07, 6.45) is 0. The van der Waals surface area contributed by atoms with Crippen LogP contribution in [0.25, 0.3) is 5.69 Å².